The first-order chi connectivity index (χ1) is 19.9. The topological polar surface area (TPSA) is 122 Å². The van der Waals surface area contributed by atoms with E-state index in [0.717, 1.165) is 11.3 Å². The Morgan fingerprint density at radius 1 is 0.878 bits per heavy atom. The molecule has 0 spiro atoms. The highest BCUT2D eigenvalue weighted by atomic mass is 16.5. The Hall–Kier alpha value is -5.51. The number of carbonyl (C=O) groups is 3. The molecule has 0 saturated carbocycles. The first-order valence-electron chi connectivity index (χ1n) is 12.6. The van der Waals surface area contributed by atoms with Gasteiger partial charge in [0.1, 0.15) is 5.75 Å². The van der Waals surface area contributed by atoms with Gasteiger partial charge >= 0.3 is 11.9 Å². The molecule has 3 aromatic carbocycles. The summed E-state index contributed by atoms with van der Waals surface area (Å²) in [6.07, 6.45) is 0. The number of methoxy groups -OCH3 is 2. The number of rotatable bonds is 8. The summed E-state index contributed by atoms with van der Waals surface area (Å²) in [5.41, 5.74) is 4.14. The molecule has 10 heteroatoms. The number of fused-ring (bicyclic) bond motifs is 1. The van der Waals surface area contributed by atoms with Crippen molar-refractivity contribution < 1.29 is 28.6 Å². The predicted octanol–water partition coefficient (Wildman–Crippen LogP) is 4.99. The molecule has 5 aromatic rings. The Morgan fingerprint density at radius 2 is 1.59 bits per heavy atom. The van der Waals surface area contributed by atoms with Gasteiger partial charge in [-0.25, -0.2) is 19.3 Å². The zero-order valence-corrected chi connectivity index (χ0v) is 22.6. The van der Waals surface area contributed by atoms with Crippen molar-refractivity contribution in [1.29, 1.82) is 0 Å². The summed E-state index contributed by atoms with van der Waals surface area (Å²) < 4.78 is 17.1. The van der Waals surface area contributed by atoms with E-state index in [0.29, 0.717) is 39.4 Å². The average Bonchev–Trinajstić information content (AvgIpc) is 3.36. The number of benzene rings is 3. The van der Waals surface area contributed by atoms with E-state index in [2.05, 4.69) is 15.2 Å². The summed E-state index contributed by atoms with van der Waals surface area (Å²) in [5, 5.41) is 7.83. The van der Waals surface area contributed by atoms with Gasteiger partial charge in [-0.05, 0) is 73.7 Å². The lowest BCUT2D eigenvalue weighted by Gasteiger charge is -2.11. The molecule has 0 atom stereocenters. The third-order valence-electron chi connectivity index (χ3n) is 6.34. The van der Waals surface area contributed by atoms with Gasteiger partial charge in [0.05, 0.1) is 47.8 Å². The van der Waals surface area contributed by atoms with E-state index >= 15 is 0 Å². The molecule has 0 aliphatic heterocycles. The van der Waals surface area contributed by atoms with E-state index in [9.17, 15) is 14.4 Å². The second kappa shape index (κ2) is 11.7. The minimum absolute atomic E-state index is 0.232. The van der Waals surface area contributed by atoms with Crippen molar-refractivity contribution in [2.75, 3.05) is 26.1 Å². The lowest BCUT2D eigenvalue weighted by Crippen LogP contribution is -2.21. The minimum Gasteiger partial charge on any atom is -0.497 e. The maximum absolute atomic E-state index is 13.4. The number of hydrogen-bond donors (Lipinski definition) is 1. The summed E-state index contributed by atoms with van der Waals surface area (Å²) in [5.74, 6) is -1.04. The van der Waals surface area contributed by atoms with Crippen molar-refractivity contribution in [3.8, 4) is 22.7 Å². The minimum atomic E-state index is -0.695. The Morgan fingerprint density at radius 3 is 2.24 bits per heavy atom. The fourth-order valence-corrected chi connectivity index (χ4v) is 4.32. The molecule has 2 aromatic heterocycles. The lowest BCUT2D eigenvalue weighted by atomic mass is 10.1. The standard InChI is InChI=1S/C31H26N4O6/c1-19-28-25(31(38)41-18-27(36)32-22-13-9-21(10-14-22)30(37)40-3)17-26(20-11-15-24(39-2)16-12-20)33-29(28)35(34-19)23-7-5-4-6-8-23/h4-17H,18H2,1-3H3,(H,32,36). The summed E-state index contributed by atoms with van der Waals surface area (Å²) >= 11 is 0. The maximum atomic E-state index is 13.4. The van der Waals surface area contributed by atoms with Crippen molar-refractivity contribution in [2.45, 2.75) is 6.92 Å². The Bertz CT molecular complexity index is 1730. The highest BCUT2D eigenvalue weighted by Crippen LogP contribution is 2.30. The number of hydrogen-bond acceptors (Lipinski definition) is 8. The van der Waals surface area contributed by atoms with Gasteiger partial charge in [-0.3, -0.25) is 4.79 Å². The number of anilines is 1. The molecule has 0 unspecified atom stereocenters. The molecule has 0 aliphatic rings. The van der Waals surface area contributed by atoms with Crippen molar-refractivity contribution in [1.82, 2.24) is 14.8 Å². The van der Waals surface area contributed by atoms with E-state index in [1.165, 1.54) is 19.2 Å². The quantitative estimate of drug-likeness (QED) is 0.268. The van der Waals surface area contributed by atoms with Gasteiger partial charge < -0.3 is 19.5 Å². The van der Waals surface area contributed by atoms with Crippen LogP contribution in [0.5, 0.6) is 5.75 Å². The summed E-state index contributed by atoms with van der Waals surface area (Å²) in [4.78, 5) is 42.5. The van der Waals surface area contributed by atoms with Crippen molar-refractivity contribution in [3.63, 3.8) is 0 Å². The molecule has 1 amide bonds. The van der Waals surface area contributed by atoms with Crippen LogP contribution in [0.4, 0.5) is 5.69 Å². The Kier molecular flexibility index (Phi) is 7.73. The summed E-state index contributed by atoms with van der Waals surface area (Å²) in [6, 6.07) is 24.6. The van der Waals surface area contributed by atoms with Crippen LogP contribution < -0.4 is 10.1 Å². The normalized spacial score (nSPS) is 10.7. The third kappa shape index (κ3) is 5.76. The van der Waals surface area contributed by atoms with Crippen LogP contribution >= 0.6 is 0 Å². The third-order valence-corrected chi connectivity index (χ3v) is 6.34. The first-order valence-corrected chi connectivity index (χ1v) is 12.6. The van der Waals surface area contributed by atoms with Gasteiger partial charge in [0.15, 0.2) is 12.3 Å². The van der Waals surface area contributed by atoms with Crippen LogP contribution in [-0.2, 0) is 14.3 Å². The van der Waals surface area contributed by atoms with E-state index in [1.807, 2.05) is 42.5 Å². The van der Waals surface area contributed by atoms with Crippen molar-refractivity contribution in [3.05, 3.63) is 102 Å². The average molecular weight is 551 g/mol. The maximum Gasteiger partial charge on any atom is 0.339 e. The number of nitrogens with zero attached hydrogens (tertiary/aromatic N) is 3. The van der Waals surface area contributed by atoms with Crippen molar-refractivity contribution >= 4 is 34.6 Å². The number of para-hydroxylation sites is 1. The number of esters is 2. The molecule has 5 rings (SSSR count). The van der Waals surface area contributed by atoms with E-state index in [1.54, 1.807) is 49.0 Å². The largest absolute Gasteiger partial charge is 0.497 e. The van der Waals surface area contributed by atoms with Gasteiger partial charge in [-0.2, -0.15) is 5.10 Å². The molecule has 0 bridgehead atoms. The number of pyridine rings is 1. The number of carbonyl (C=O) groups excluding carboxylic acids is 3. The number of amides is 1. The molecular weight excluding hydrogens is 524 g/mol. The molecule has 0 saturated heterocycles. The molecule has 0 radical (unpaired) electrons. The van der Waals surface area contributed by atoms with Crippen LogP contribution in [0.2, 0.25) is 0 Å². The van der Waals surface area contributed by atoms with Crippen LogP contribution in [0.3, 0.4) is 0 Å². The van der Waals surface area contributed by atoms with Crippen molar-refractivity contribution in [2.24, 2.45) is 0 Å². The molecule has 2 heterocycles. The van der Waals surface area contributed by atoms with Crippen LogP contribution in [0.15, 0.2) is 84.9 Å². The van der Waals surface area contributed by atoms with Crippen LogP contribution in [0, 0.1) is 6.92 Å². The second-order valence-electron chi connectivity index (χ2n) is 9.01. The fraction of sp³-hybridized carbons (Fsp3) is 0.129. The number of aromatic nitrogens is 3. The smallest absolute Gasteiger partial charge is 0.339 e. The monoisotopic (exact) mass is 550 g/mol. The van der Waals surface area contributed by atoms with E-state index in [4.69, 9.17) is 14.5 Å². The van der Waals surface area contributed by atoms with Crippen LogP contribution in [0.25, 0.3) is 28.0 Å². The van der Waals surface area contributed by atoms with E-state index < -0.39 is 24.5 Å². The molecule has 0 aliphatic carbocycles. The Labute approximate surface area is 235 Å². The zero-order chi connectivity index (χ0) is 28.9. The molecular formula is C31H26N4O6. The number of aryl methyl sites for hydroxylation is 1. The highest BCUT2D eigenvalue weighted by molar-refractivity contribution is 6.06. The second-order valence-corrected chi connectivity index (χ2v) is 9.01. The first kappa shape index (κ1) is 27.1. The molecule has 10 nitrogen and oxygen atoms in total. The lowest BCUT2D eigenvalue weighted by molar-refractivity contribution is -0.119. The van der Waals surface area contributed by atoms with Crippen LogP contribution in [0.1, 0.15) is 26.4 Å². The van der Waals surface area contributed by atoms with Gasteiger partial charge in [0, 0.05) is 11.3 Å². The van der Waals surface area contributed by atoms with Gasteiger partial charge in [-0.15, -0.1) is 0 Å². The van der Waals surface area contributed by atoms with Crippen LogP contribution in [-0.4, -0.2) is 53.4 Å². The zero-order valence-electron chi connectivity index (χ0n) is 22.6. The SMILES string of the molecule is COC(=O)c1ccc(NC(=O)COC(=O)c2cc(-c3ccc(OC)cc3)nc3c2c(C)nn3-c2ccccc2)cc1. The number of ether oxygens (including phenoxy) is 3. The molecule has 41 heavy (non-hydrogen) atoms. The fourth-order valence-electron chi connectivity index (χ4n) is 4.32. The highest BCUT2D eigenvalue weighted by Gasteiger charge is 2.22. The molecule has 0 fully saturated rings. The van der Waals surface area contributed by atoms with Gasteiger partial charge in [0.2, 0.25) is 0 Å². The predicted molar refractivity (Wildman–Crippen MR) is 152 cm³/mol. The van der Waals surface area contributed by atoms with Gasteiger partial charge in [0.25, 0.3) is 5.91 Å². The van der Waals surface area contributed by atoms with E-state index in [-0.39, 0.29) is 5.56 Å². The number of nitrogens with one attached hydrogen (secondary N) is 1. The van der Waals surface area contributed by atoms with Gasteiger partial charge in [-0.1, -0.05) is 18.2 Å². The summed E-state index contributed by atoms with van der Waals surface area (Å²) in [6.45, 7) is 1.27. The molecule has 206 valence electrons. The Balaban J connectivity index is 1.44. The molecule has 1 N–H and O–H groups in total. The summed E-state index contributed by atoms with van der Waals surface area (Å²) in [7, 11) is 2.87.